The fraction of sp³-hybridized carbons (Fsp3) is 0.292. The molecule has 2 atom stereocenters. The SMILES string of the molecule is O=C(N[C@H]1CCC[C@@H](n2c(-c3ncccc3F)nc3cnc(-n4nccn4)cc32)C1)c1ncc(C(F)(F)F)s1. The van der Waals surface area contributed by atoms with Gasteiger partial charge in [0, 0.05) is 24.3 Å². The molecule has 5 aromatic heterocycles. The number of pyridine rings is 2. The first-order valence-electron chi connectivity index (χ1n) is 12.0. The number of carbonyl (C=O) groups is 1. The van der Waals surface area contributed by atoms with Crippen LogP contribution >= 0.6 is 11.3 Å². The molecule has 5 aromatic rings. The van der Waals surface area contributed by atoms with Gasteiger partial charge in [0.05, 0.1) is 30.3 Å². The number of amides is 1. The summed E-state index contributed by atoms with van der Waals surface area (Å²) >= 11 is 0.304. The maximum absolute atomic E-state index is 14.9. The summed E-state index contributed by atoms with van der Waals surface area (Å²) in [6.45, 7) is 0. The Morgan fingerprint density at radius 1 is 1.08 bits per heavy atom. The first-order valence-corrected chi connectivity index (χ1v) is 12.8. The van der Waals surface area contributed by atoms with Crippen molar-refractivity contribution in [2.75, 3.05) is 0 Å². The van der Waals surface area contributed by atoms with Crippen LogP contribution in [0, 0.1) is 5.82 Å². The van der Waals surface area contributed by atoms with Crippen molar-refractivity contribution in [3.63, 3.8) is 0 Å². The van der Waals surface area contributed by atoms with Crippen molar-refractivity contribution in [2.45, 2.75) is 43.9 Å². The fourth-order valence-electron chi connectivity index (χ4n) is 4.81. The highest BCUT2D eigenvalue weighted by atomic mass is 32.1. The molecule has 1 N–H and O–H groups in total. The zero-order valence-electron chi connectivity index (χ0n) is 20.0. The molecule has 0 aromatic carbocycles. The molecule has 0 aliphatic heterocycles. The van der Waals surface area contributed by atoms with Gasteiger partial charge in [-0.1, -0.05) is 0 Å². The van der Waals surface area contributed by atoms with Crippen LogP contribution in [-0.4, -0.2) is 51.4 Å². The number of thiazole rings is 1. The van der Waals surface area contributed by atoms with Crippen molar-refractivity contribution in [1.82, 2.24) is 44.8 Å². The molecule has 10 nitrogen and oxygen atoms in total. The zero-order valence-corrected chi connectivity index (χ0v) is 20.8. The molecule has 1 fully saturated rings. The Morgan fingerprint density at radius 3 is 2.64 bits per heavy atom. The first-order chi connectivity index (χ1) is 18.8. The lowest BCUT2D eigenvalue weighted by atomic mass is 9.90. The molecule has 15 heteroatoms. The minimum absolute atomic E-state index is 0.0705. The van der Waals surface area contributed by atoms with Crippen LogP contribution in [0.5, 0.6) is 0 Å². The van der Waals surface area contributed by atoms with Crippen LogP contribution in [0.3, 0.4) is 0 Å². The standard InChI is InChI=1S/C24H19F4N9OS/c25-15-5-2-6-29-20(15)21-35-16-11-30-19(37-32-7-8-33-37)10-17(16)36(21)14-4-1-3-13(9-14)34-22(38)23-31-12-18(39-23)24(26,27)28/h2,5-8,10-14H,1,3-4,9H2,(H,34,38)/t13-,14+/m0/s1. The predicted molar refractivity (Wildman–Crippen MR) is 132 cm³/mol. The molecule has 0 unspecified atom stereocenters. The van der Waals surface area contributed by atoms with Gasteiger partial charge in [-0.2, -0.15) is 23.4 Å². The van der Waals surface area contributed by atoms with Gasteiger partial charge < -0.3 is 9.88 Å². The average molecular weight is 558 g/mol. The Balaban J connectivity index is 1.35. The third-order valence-electron chi connectivity index (χ3n) is 6.48. The van der Waals surface area contributed by atoms with E-state index < -0.39 is 22.8 Å². The zero-order chi connectivity index (χ0) is 27.1. The molecule has 0 spiro atoms. The lowest BCUT2D eigenvalue weighted by molar-refractivity contribution is -0.134. The Kier molecular flexibility index (Phi) is 6.29. The molecule has 1 aliphatic carbocycles. The van der Waals surface area contributed by atoms with Crippen molar-refractivity contribution in [2.24, 2.45) is 0 Å². The highest BCUT2D eigenvalue weighted by molar-refractivity contribution is 7.13. The van der Waals surface area contributed by atoms with E-state index in [-0.39, 0.29) is 22.8 Å². The molecule has 0 bridgehead atoms. The van der Waals surface area contributed by atoms with Crippen molar-refractivity contribution >= 4 is 28.3 Å². The molecular weight excluding hydrogens is 538 g/mol. The van der Waals surface area contributed by atoms with Gasteiger partial charge in [0.2, 0.25) is 0 Å². The quantitative estimate of drug-likeness (QED) is 0.314. The van der Waals surface area contributed by atoms with Gasteiger partial charge in [0.15, 0.2) is 22.5 Å². The number of hydrogen-bond donors (Lipinski definition) is 1. The summed E-state index contributed by atoms with van der Waals surface area (Å²) in [6, 6.07) is 3.97. The van der Waals surface area contributed by atoms with Gasteiger partial charge in [-0.3, -0.25) is 4.79 Å². The van der Waals surface area contributed by atoms with E-state index in [1.165, 1.54) is 35.5 Å². The molecular formula is C24H19F4N9OS. The van der Waals surface area contributed by atoms with Crippen LogP contribution in [0.1, 0.15) is 46.4 Å². The number of aromatic nitrogens is 8. The Hall–Kier alpha value is -4.27. The van der Waals surface area contributed by atoms with Gasteiger partial charge in [-0.25, -0.2) is 24.3 Å². The minimum Gasteiger partial charge on any atom is -0.347 e. The van der Waals surface area contributed by atoms with E-state index in [4.69, 9.17) is 0 Å². The topological polar surface area (TPSA) is 116 Å². The predicted octanol–water partition coefficient (Wildman–Crippen LogP) is 4.60. The van der Waals surface area contributed by atoms with Crippen molar-refractivity contribution in [3.05, 3.63) is 64.9 Å². The Labute approximate surface area is 221 Å². The number of imidazole rings is 1. The number of fused-ring (bicyclic) bond motifs is 1. The summed E-state index contributed by atoms with van der Waals surface area (Å²) in [5.41, 5.74) is 1.24. The van der Waals surface area contributed by atoms with Crippen molar-refractivity contribution in [1.29, 1.82) is 0 Å². The molecule has 0 radical (unpaired) electrons. The van der Waals surface area contributed by atoms with Gasteiger partial charge in [-0.15, -0.1) is 16.1 Å². The lowest BCUT2D eigenvalue weighted by Crippen LogP contribution is -2.39. The number of carbonyl (C=O) groups excluding carboxylic acids is 1. The summed E-state index contributed by atoms with van der Waals surface area (Å²) < 4.78 is 55.7. The largest absolute Gasteiger partial charge is 0.427 e. The van der Waals surface area contributed by atoms with Crippen LogP contribution in [0.25, 0.3) is 28.4 Å². The number of rotatable bonds is 5. The number of halogens is 4. The van der Waals surface area contributed by atoms with Gasteiger partial charge in [0.25, 0.3) is 5.91 Å². The third-order valence-corrected chi connectivity index (χ3v) is 7.52. The first kappa shape index (κ1) is 25.0. The summed E-state index contributed by atoms with van der Waals surface area (Å²) in [7, 11) is 0. The van der Waals surface area contributed by atoms with Gasteiger partial charge in [0.1, 0.15) is 16.1 Å². The molecule has 1 aliphatic rings. The van der Waals surface area contributed by atoms with Crippen molar-refractivity contribution < 1.29 is 22.4 Å². The van der Waals surface area contributed by atoms with Gasteiger partial charge >= 0.3 is 6.18 Å². The number of nitrogens with zero attached hydrogens (tertiary/aromatic N) is 8. The van der Waals surface area contributed by atoms with E-state index >= 15 is 0 Å². The lowest BCUT2D eigenvalue weighted by Gasteiger charge is -2.31. The molecule has 200 valence electrons. The van der Waals surface area contributed by atoms with Crippen molar-refractivity contribution in [3.8, 4) is 17.3 Å². The van der Waals surface area contributed by atoms with Crippen LogP contribution in [0.2, 0.25) is 0 Å². The van der Waals surface area contributed by atoms with E-state index in [2.05, 4.69) is 35.5 Å². The Bertz CT molecular complexity index is 1650. The molecule has 1 amide bonds. The average Bonchev–Trinajstić information content (AvgIpc) is 3.68. The number of nitrogens with one attached hydrogen (secondary N) is 1. The summed E-state index contributed by atoms with van der Waals surface area (Å²) in [6.07, 6.45) is 4.65. The smallest absolute Gasteiger partial charge is 0.347 e. The summed E-state index contributed by atoms with van der Waals surface area (Å²) in [5, 5.41) is 10.8. The van der Waals surface area contributed by atoms with E-state index in [0.717, 1.165) is 0 Å². The minimum atomic E-state index is -4.56. The maximum atomic E-state index is 14.9. The normalized spacial score (nSPS) is 17.9. The Morgan fingerprint density at radius 2 is 1.90 bits per heavy atom. The number of hydrogen-bond acceptors (Lipinski definition) is 8. The summed E-state index contributed by atoms with van der Waals surface area (Å²) in [4.78, 5) is 30.1. The fourth-order valence-corrected chi connectivity index (χ4v) is 5.49. The van der Waals surface area contributed by atoms with Crippen LogP contribution in [0.4, 0.5) is 17.6 Å². The van der Waals surface area contributed by atoms with E-state index in [1.54, 1.807) is 12.3 Å². The van der Waals surface area contributed by atoms with Gasteiger partial charge in [-0.05, 0) is 37.8 Å². The third kappa shape index (κ3) is 4.84. The highest BCUT2D eigenvalue weighted by Gasteiger charge is 2.35. The second-order valence-electron chi connectivity index (χ2n) is 9.01. The molecule has 6 rings (SSSR count). The van der Waals surface area contributed by atoms with E-state index in [1.807, 2.05) is 4.57 Å². The highest BCUT2D eigenvalue weighted by Crippen LogP contribution is 2.37. The second-order valence-corrected chi connectivity index (χ2v) is 10.0. The molecule has 39 heavy (non-hydrogen) atoms. The van der Waals surface area contributed by atoms with Crippen LogP contribution < -0.4 is 5.32 Å². The van der Waals surface area contributed by atoms with E-state index in [0.29, 0.717) is 65.9 Å². The van der Waals surface area contributed by atoms with E-state index in [9.17, 15) is 22.4 Å². The van der Waals surface area contributed by atoms with Crippen LogP contribution in [0.15, 0.2) is 49.2 Å². The molecule has 1 saturated carbocycles. The molecule has 0 saturated heterocycles. The monoisotopic (exact) mass is 557 g/mol. The second kappa shape index (κ2) is 9.80. The molecule has 5 heterocycles. The van der Waals surface area contributed by atoms with Crippen LogP contribution in [-0.2, 0) is 6.18 Å². The number of alkyl halides is 3. The maximum Gasteiger partial charge on any atom is 0.427 e. The summed E-state index contributed by atoms with van der Waals surface area (Å²) in [5.74, 6) is -0.460.